The molecule has 0 saturated carbocycles. The van der Waals surface area contributed by atoms with E-state index in [9.17, 15) is 8.42 Å². The van der Waals surface area contributed by atoms with Gasteiger partial charge in [-0.05, 0) is 41.7 Å². The highest BCUT2D eigenvalue weighted by molar-refractivity contribution is 7.89. The van der Waals surface area contributed by atoms with Crippen LogP contribution in [-0.4, -0.2) is 14.5 Å². The van der Waals surface area contributed by atoms with E-state index in [1.165, 1.54) is 11.1 Å². The lowest BCUT2D eigenvalue weighted by Crippen LogP contribution is -2.28. The van der Waals surface area contributed by atoms with Gasteiger partial charge in [0.1, 0.15) is 0 Å². The van der Waals surface area contributed by atoms with Gasteiger partial charge in [0.25, 0.3) is 0 Å². The Kier molecular flexibility index (Phi) is 3.80. The lowest BCUT2D eigenvalue weighted by molar-refractivity contribution is 0.532. The van der Waals surface area contributed by atoms with Crippen LogP contribution in [0, 0.1) is 0 Å². The van der Waals surface area contributed by atoms with Crippen molar-refractivity contribution in [2.24, 2.45) is 5.14 Å². The molecule has 0 atom stereocenters. The number of nitrogens with two attached hydrogens (primary N) is 1. The molecule has 0 heterocycles. The second-order valence-electron chi connectivity index (χ2n) is 5.44. The number of benzene rings is 2. The van der Waals surface area contributed by atoms with Crippen molar-refractivity contribution >= 4 is 10.0 Å². The van der Waals surface area contributed by atoms with Crippen LogP contribution in [0.25, 0.3) is 0 Å². The molecule has 0 aromatic heterocycles. The zero-order valence-corrected chi connectivity index (χ0v) is 12.4. The molecule has 0 spiro atoms. The zero-order chi connectivity index (χ0) is 14.9. The molecule has 110 valence electrons. The predicted octanol–water partition coefficient (Wildman–Crippen LogP) is 1.59. The third kappa shape index (κ3) is 3.32. The van der Waals surface area contributed by atoms with Crippen molar-refractivity contribution in [1.29, 1.82) is 0 Å². The number of nitrogens with one attached hydrogen (secondary N) is 1. The fourth-order valence-electron chi connectivity index (χ4n) is 2.76. The Balaban J connectivity index is 1.60. The highest BCUT2D eigenvalue weighted by Gasteiger charge is 2.20. The molecule has 4 nitrogen and oxygen atoms in total. The van der Waals surface area contributed by atoms with Crippen LogP contribution in [0.3, 0.4) is 0 Å². The normalized spacial score (nSPS) is 15.1. The van der Waals surface area contributed by atoms with E-state index in [-0.39, 0.29) is 4.90 Å². The van der Waals surface area contributed by atoms with Crippen molar-refractivity contribution in [2.45, 2.75) is 30.3 Å². The van der Waals surface area contributed by atoms with Crippen molar-refractivity contribution in [3.05, 3.63) is 65.2 Å². The topological polar surface area (TPSA) is 72.2 Å². The molecule has 0 fully saturated rings. The minimum atomic E-state index is -3.61. The van der Waals surface area contributed by atoms with Crippen LogP contribution < -0.4 is 10.5 Å². The summed E-state index contributed by atoms with van der Waals surface area (Å²) in [4.78, 5) is 0.152. The molecule has 3 N–H and O–H groups in total. The molecule has 0 amide bonds. The molecule has 21 heavy (non-hydrogen) atoms. The summed E-state index contributed by atoms with van der Waals surface area (Å²) in [6, 6.07) is 15.7. The van der Waals surface area contributed by atoms with Crippen LogP contribution in [-0.2, 0) is 29.4 Å². The van der Waals surface area contributed by atoms with Gasteiger partial charge in [0.15, 0.2) is 0 Å². The molecule has 1 aliphatic carbocycles. The fourth-order valence-corrected chi connectivity index (χ4v) is 3.28. The number of sulfonamides is 1. The van der Waals surface area contributed by atoms with E-state index in [1.54, 1.807) is 24.3 Å². The number of hydrogen-bond donors (Lipinski definition) is 2. The van der Waals surface area contributed by atoms with Crippen molar-refractivity contribution in [3.8, 4) is 0 Å². The maximum Gasteiger partial charge on any atom is 0.238 e. The number of primary sulfonamides is 1. The molecule has 0 unspecified atom stereocenters. The number of rotatable bonds is 4. The van der Waals surface area contributed by atoms with Gasteiger partial charge in [-0.15, -0.1) is 0 Å². The molecule has 0 radical (unpaired) electrons. The SMILES string of the molecule is NS(=O)(=O)c1ccc(CNC2Cc3ccccc3C2)cc1. The average Bonchev–Trinajstić information content (AvgIpc) is 2.87. The summed E-state index contributed by atoms with van der Waals surface area (Å²) < 4.78 is 22.4. The van der Waals surface area contributed by atoms with Crippen LogP contribution in [0.1, 0.15) is 16.7 Å². The van der Waals surface area contributed by atoms with Crippen LogP contribution >= 0.6 is 0 Å². The van der Waals surface area contributed by atoms with E-state index in [0.29, 0.717) is 6.04 Å². The number of hydrogen-bond acceptors (Lipinski definition) is 3. The van der Waals surface area contributed by atoms with Gasteiger partial charge in [0, 0.05) is 12.6 Å². The Morgan fingerprint density at radius 2 is 1.57 bits per heavy atom. The fraction of sp³-hybridized carbons (Fsp3) is 0.250. The first kappa shape index (κ1) is 14.3. The maximum absolute atomic E-state index is 11.2. The molecular formula is C16H18N2O2S. The Hall–Kier alpha value is -1.69. The smallest absolute Gasteiger partial charge is 0.238 e. The minimum absolute atomic E-state index is 0.152. The van der Waals surface area contributed by atoms with Gasteiger partial charge in [0.05, 0.1) is 4.90 Å². The van der Waals surface area contributed by atoms with Crippen LogP contribution in [0.4, 0.5) is 0 Å². The van der Waals surface area contributed by atoms with Crippen molar-refractivity contribution in [1.82, 2.24) is 5.32 Å². The predicted molar refractivity (Wildman–Crippen MR) is 82.3 cm³/mol. The van der Waals surface area contributed by atoms with Crippen LogP contribution in [0.5, 0.6) is 0 Å². The van der Waals surface area contributed by atoms with Gasteiger partial charge in [-0.1, -0.05) is 36.4 Å². The standard InChI is InChI=1S/C16H18N2O2S/c17-21(19,20)16-7-5-12(6-8-16)11-18-15-9-13-3-1-2-4-14(13)10-15/h1-8,15,18H,9-11H2,(H2,17,19,20). The number of fused-ring (bicyclic) bond motifs is 1. The summed E-state index contributed by atoms with van der Waals surface area (Å²) in [7, 11) is -3.61. The minimum Gasteiger partial charge on any atom is -0.309 e. The summed E-state index contributed by atoms with van der Waals surface area (Å²) in [5, 5.41) is 8.61. The maximum atomic E-state index is 11.2. The Bertz CT molecular complexity index is 714. The van der Waals surface area contributed by atoms with Gasteiger partial charge in [0.2, 0.25) is 10.0 Å². The highest BCUT2D eigenvalue weighted by Crippen LogP contribution is 2.21. The van der Waals surface area contributed by atoms with Gasteiger partial charge < -0.3 is 5.32 Å². The summed E-state index contributed by atoms with van der Waals surface area (Å²) >= 11 is 0. The third-order valence-electron chi connectivity index (χ3n) is 3.90. The van der Waals surface area contributed by atoms with Gasteiger partial charge in [-0.25, -0.2) is 13.6 Å². The molecule has 0 saturated heterocycles. The quantitative estimate of drug-likeness (QED) is 0.901. The van der Waals surface area contributed by atoms with Crippen LogP contribution in [0.15, 0.2) is 53.4 Å². The highest BCUT2D eigenvalue weighted by atomic mass is 32.2. The van der Waals surface area contributed by atoms with Gasteiger partial charge >= 0.3 is 0 Å². The Labute approximate surface area is 125 Å². The first-order valence-electron chi connectivity index (χ1n) is 6.94. The second-order valence-corrected chi connectivity index (χ2v) is 7.01. The Morgan fingerprint density at radius 1 is 1.00 bits per heavy atom. The molecular weight excluding hydrogens is 284 g/mol. The summed E-state index contributed by atoms with van der Waals surface area (Å²) in [5.41, 5.74) is 3.89. The molecule has 0 bridgehead atoms. The lowest BCUT2D eigenvalue weighted by Gasteiger charge is -2.12. The molecule has 2 aromatic carbocycles. The van der Waals surface area contributed by atoms with Gasteiger partial charge in [-0.2, -0.15) is 0 Å². The van der Waals surface area contributed by atoms with E-state index in [4.69, 9.17) is 5.14 Å². The summed E-state index contributed by atoms with van der Waals surface area (Å²) in [6.07, 6.45) is 2.09. The van der Waals surface area contributed by atoms with E-state index >= 15 is 0 Å². The van der Waals surface area contributed by atoms with Crippen LogP contribution in [0.2, 0.25) is 0 Å². The molecule has 0 aliphatic heterocycles. The van der Waals surface area contributed by atoms with E-state index in [1.807, 2.05) is 0 Å². The van der Waals surface area contributed by atoms with E-state index in [2.05, 4.69) is 29.6 Å². The first-order chi connectivity index (χ1) is 10.0. The zero-order valence-electron chi connectivity index (χ0n) is 11.6. The molecule has 1 aliphatic rings. The molecule has 3 rings (SSSR count). The second kappa shape index (κ2) is 5.60. The van der Waals surface area contributed by atoms with E-state index in [0.717, 1.165) is 24.9 Å². The summed E-state index contributed by atoms with van der Waals surface area (Å²) in [5.74, 6) is 0. The third-order valence-corrected chi connectivity index (χ3v) is 4.83. The molecule has 5 heteroatoms. The van der Waals surface area contributed by atoms with Crippen molar-refractivity contribution in [2.75, 3.05) is 0 Å². The monoisotopic (exact) mass is 302 g/mol. The van der Waals surface area contributed by atoms with Gasteiger partial charge in [-0.3, -0.25) is 0 Å². The first-order valence-corrected chi connectivity index (χ1v) is 8.49. The van der Waals surface area contributed by atoms with Crippen molar-refractivity contribution in [3.63, 3.8) is 0 Å². The van der Waals surface area contributed by atoms with E-state index < -0.39 is 10.0 Å². The summed E-state index contributed by atoms with van der Waals surface area (Å²) in [6.45, 7) is 0.726. The Morgan fingerprint density at radius 3 is 2.10 bits per heavy atom. The molecule has 2 aromatic rings. The average molecular weight is 302 g/mol. The lowest BCUT2D eigenvalue weighted by atomic mass is 10.1. The van der Waals surface area contributed by atoms with Crippen molar-refractivity contribution < 1.29 is 8.42 Å². The largest absolute Gasteiger partial charge is 0.309 e.